The Bertz CT molecular complexity index is 642. The number of fused-ring (bicyclic) bond motifs is 1. The third-order valence-corrected chi connectivity index (χ3v) is 4.33. The van der Waals surface area contributed by atoms with Crippen molar-refractivity contribution in [1.82, 2.24) is 14.3 Å². The molecule has 0 spiro atoms. The third kappa shape index (κ3) is 2.78. The molecule has 0 radical (unpaired) electrons. The average molecular weight is 287 g/mol. The molecule has 112 valence electrons. The van der Waals surface area contributed by atoms with Crippen molar-refractivity contribution < 1.29 is 9.53 Å². The van der Waals surface area contributed by atoms with Gasteiger partial charge in [0, 0.05) is 6.42 Å². The Kier molecular flexibility index (Phi) is 3.92. The van der Waals surface area contributed by atoms with Gasteiger partial charge in [-0.25, -0.2) is 9.78 Å². The lowest BCUT2D eigenvalue weighted by Crippen LogP contribution is -2.31. The summed E-state index contributed by atoms with van der Waals surface area (Å²) >= 11 is 0. The number of likely N-dealkylation sites (tertiary alicyclic amines) is 1. The Morgan fingerprint density at radius 2 is 2.14 bits per heavy atom. The molecular formula is C16H21N3O2. The number of carbonyl (C=O) groups excluding carboxylic acids is 1. The van der Waals surface area contributed by atoms with Crippen molar-refractivity contribution in [2.24, 2.45) is 5.92 Å². The van der Waals surface area contributed by atoms with E-state index in [-0.39, 0.29) is 5.97 Å². The standard InChI is InChI=1S/C16H21N3O2/c1-18-8-6-12(7-9-18)10-15-17-11-13-4-3-5-14(19(13)15)16(20)21-2/h3-5,11-12H,6-10H2,1-2H3. The lowest BCUT2D eigenvalue weighted by atomic mass is 9.93. The van der Waals surface area contributed by atoms with Gasteiger partial charge in [-0.3, -0.25) is 4.40 Å². The fourth-order valence-corrected chi connectivity index (χ4v) is 3.05. The van der Waals surface area contributed by atoms with Crippen molar-refractivity contribution >= 4 is 11.5 Å². The Morgan fingerprint density at radius 3 is 2.86 bits per heavy atom. The number of piperidine rings is 1. The summed E-state index contributed by atoms with van der Waals surface area (Å²) in [7, 11) is 3.57. The van der Waals surface area contributed by atoms with Crippen molar-refractivity contribution in [2.45, 2.75) is 19.3 Å². The van der Waals surface area contributed by atoms with E-state index in [9.17, 15) is 4.79 Å². The summed E-state index contributed by atoms with van der Waals surface area (Å²) in [6, 6.07) is 5.62. The molecule has 0 aromatic carbocycles. The molecule has 0 saturated carbocycles. The first-order valence-electron chi connectivity index (χ1n) is 7.41. The third-order valence-electron chi connectivity index (χ3n) is 4.33. The zero-order chi connectivity index (χ0) is 14.8. The van der Waals surface area contributed by atoms with Crippen LogP contribution in [0.4, 0.5) is 0 Å². The molecule has 0 amide bonds. The molecule has 21 heavy (non-hydrogen) atoms. The van der Waals surface area contributed by atoms with Crippen LogP contribution in [0, 0.1) is 5.92 Å². The molecule has 1 aliphatic rings. The van der Waals surface area contributed by atoms with E-state index in [0.29, 0.717) is 11.6 Å². The van der Waals surface area contributed by atoms with Crippen LogP contribution >= 0.6 is 0 Å². The van der Waals surface area contributed by atoms with E-state index in [4.69, 9.17) is 4.74 Å². The average Bonchev–Trinajstić information content (AvgIpc) is 2.92. The quantitative estimate of drug-likeness (QED) is 0.810. The lowest BCUT2D eigenvalue weighted by molar-refractivity contribution is 0.0591. The molecule has 0 N–H and O–H groups in total. The van der Waals surface area contributed by atoms with E-state index in [0.717, 1.165) is 30.9 Å². The first-order chi connectivity index (χ1) is 10.2. The summed E-state index contributed by atoms with van der Waals surface area (Å²) < 4.78 is 6.81. The van der Waals surface area contributed by atoms with Gasteiger partial charge in [0.2, 0.25) is 0 Å². The van der Waals surface area contributed by atoms with Crippen molar-refractivity contribution in [2.75, 3.05) is 27.2 Å². The highest BCUT2D eigenvalue weighted by atomic mass is 16.5. The largest absolute Gasteiger partial charge is 0.464 e. The predicted octanol–water partition coefficient (Wildman–Crippen LogP) is 2.01. The van der Waals surface area contributed by atoms with Gasteiger partial charge in [0.15, 0.2) is 0 Å². The highest BCUT2D eigenvalue weighted by molar-refractivity contribution is 5.88. The van der Waals surface area contributed by atoms with Crippen LogP contribution in [0.2, 0.25) is 0 Å². The number of pyridine rings is 1. The number of hydrogen-bond donors (Lipinski definition) is 0. The molecule has 3 rings (SSSR count). The van der Waals surface area contributed by atoms with Gasteiger partial charge in [-0.1, -0.05) is 6.07 Å². The molecule has 0 unspecified atom stereocenters. The summed E-state index contributed by atoms with van der Waals surface area (Å²) in [5.41, 5.74) is 1.50. The number of methoxy groups -OCH3 is 1. The monoisotopic (exact) mass is 287 g/mol. The van der Waals surface area contributed by atoms with E-state index in [1.807, 2.05) is 22.7 Å². The van der Waals surface area contributed by atoms with Gasteiger partial charge < -0.3 is 9.64 Å². The Morgan fingerprint density at radius 1 is 1.38 bits per heavy atom. The maximum absolute atomic E-state index is 11.9. The first-order valence-corrected chi connectivity index (χ1v) is 7.41. The summed E-state index contributed by atoms with van der Waals surface area (Å²) in [5, 5.41) is 0. The predicted molar refractivity (Wildman–Crippen MR) is 80.5 cm³/mol. The Labute approximate surface area is 124 Å². The van der Waals surface area contributed by atoms with Gasteiger partial charge in [-0.15, -0.1) is 0 Å². The van der Waals surface area contributed by atoms with E-state index in [1.165, 1.54) is 20.0 Å². The van der Waals surface area contributed by atoms with Crippen molar-refractivity contribution in [1.29, 1.82) is 0 Å². The minimum Gasteiger partial charge on any atom is -0.464 e. The number of rotatable bonds is 3. The number of hydrogen-bond acceptors (Lipinski definition) is 4. The van der Waals surface area contributed by atoms with Crippen molar-refractivity contribution in [3.05, 3.63) is 35.9 Å². The maximum Gasteiger partial charge on any atom is 0.355 e. The molecular weight excluding hydrogens is 266 g/mol. The van der Waals surface area contributed by atoms with E-state index in [2.05, 4.69) is 16.9 Å². The summed E-state index contributed by atoms with van der Waals surface area (Å²) in [6.07, 6.45) is 5.12. The Hall–Kier alpha value is -1.88. The number of ether oxygens (including phenoxy) is 1. The minimum atomic E-state index is -0.316. The molecule has 0 aliphatic carbocycles. The van der Waals surface area contributed by atoms with Crippen molar-refractivity contribution in [3.8, 4) is 0 Å². The van der Waals surface area contributed by atoms with Gasteiger partial charge in [0.1, 0.15) is 11.5 Å². The molecule has 2 aromatic rings. The van der Waals surface area contributed by atoms with E-state index in [1.54, 1.807) is 6.07 Å². The van der Waals surface area contributed by atoms with Crippen LogP contribution in [0.25, 0.3) is 5.52 Å². The molecule has 3 heterocycles. The number of nitrogens with zero attached hydrogens (tertiary/aromatic N) is 3. The van der Waals surface area contributed by atoms with Gasteiger partial charge in [0.05, 0.1) is 18.8 Å². The highest BCUT2D eigenvalue weighted by Crippen LogP contribution is 2.22. The van der Waals surface area contributed by atoms with Crippen LogP contribution in [-0.2, 0) is 11.2 Å². The second-order valence-electron chi connectivity index (χ2n) is 5.79. The second kappa shape index (κ2) is 5.85. The fourth-order valence-electron chi connectivity index (χ4n) is 3.05. The van der Waals surface area contributed by atoms with E-state index < -0.39 is 0 Å². The van der Waals surface area contributed by atoms with Crippen LogP contribution < -0.4 is 0 Å². The van der Waals surface area contributed by atoms with Crippen LogP contribution in [0.3, 0.4) is 0 Å². The number of carbonyl (C=O) groups is 1. The molecule has 0 bridgehead atoms. The van der Waals surface area contributed by atoms with Gasteiger partial charge in [-0.2, -0.15) is 0 Å². The SMILES string of the molecule is COC(=O)c1cccc2cnc(CC3CCN(C)CC3)n12. The second-order valence-corrected chi connectivity index (χ2v) is 5.79. The van der Waals surface area contributed by atoms with Crippen LogP contribution in [-0.4, -0.2) is 47.5 Å². The summed E-state index contributed by atoms with van der Waals surface area (Å²) in [4.78, 5) is 18.8. The molecule has 1 aliphatic heterocycles. The lowest BCUT2D eigenvalue weighted by Gasteiger charge is -2.28. The molecule has 1 saturated heterocycles. The van der Waals surface area contributed by atoms with Gasteiger partial charge in [0.25, 0.3) is 0 Å². The summed E-state index contributed by atoms with van der Waals surface area (Å²) in [5.74, 6) is 1.28. The smallest absolute Gasteiger partial charge is 0.355 e. The molecule has 5 heteroatoms. The normalized spacial score (nSPS) is 17.2. The zero-order valence-corrected chi connectivity index (χ0v) is 12.6. The first kappa shape index (κ1) is 14.1. The van der Waals surface area contributed by atoms with Crippen LogP contribution in [0.5, 0.6) is 0 Å². The van der Waals surface area contributed by atoms with Crippen molar-refractivity contribution in [3.63, 3.8) is 0 Å². The number of aromatic nitrogens is 2. The zero-order valence-electron chi connectivity index (χ0n) is 12.6. The molecule has 1 fully saturated rings. The van der Waals surface area contributed by atoms with E-state index >= 15 is 0 Å². The number of imidazole rings is 1. The summed E-state index contributed by atoms with van der Waals surface area (Å²) in [6.45, 7) is 2.27. The van der Waals surface area contributed by atoms with Gasteiger partial charge >= 0.3 is 5.97 Å². The van der Waals surface area contributed by atoms with Crippen LogP contribution in [0.1, 0.15) is 29.2 Å². The molecule has 0 atom stereocenters. The molecule has 2 aromatic heterocycles. The number of esters is 1. The van der Waals surface area contributed by atoms with Crippen LogP contribution in [0.15, 0.2) is 24.4 Å². The molecule has 5 nitrogen and oxygen atoms in total. The topological polar surface area (TPSA) is 46.8 Å². The Balaban J connectivity index is 1.90. The maximum atomic E-state index is 11.9. The van der Waals surface area contributed by atoms with Gasteiger partial charge in [-0.05, 0) is 51.0 Å². The fraction of sp³-hybridized carbons (Fsp3) is 0.500. The minimum absolute atomic E-state index is 0.316. The highest BCUT2D eigenvalue weighted by Gasteiger charge is 2.20.